The first-order chi connectivity index (χ1) is 15.1. The standard InChI is InChI=1S/C22H27N5O4S/c1-5-27-21(29)17-8-6-7-9-18(17)23-22(27)25-24-20(28)19(14(2)3)26-32(30,31)16-12-10-15(4)11-13-16/h6-14,19,26H,5H2,1-4H3,(H,23,25)(H,24,28). The third-order valence-corrected chi connectivity index (χ3v) is 6.49. The van der Waals surface area contributed by atoms with Crippen molar-refractivity contribution in [1.29, 1.82) is 0 Å². The Kier molecular flexibility index (Phi) is 6.95. The molecule has 10 heteroatoms. The summed E-state index contributed by atoms with van der Waals surface area (Å²) in [6.07, 6.45) is 0. The van der Waals surface area contributed by atoms with Crippen LogP contribution in [0.5, 0.6) is 0 Å². The predicted octanol–water partition coefficient (Wildman–Crippen LogP) is 2.17. The largest absolute Gasteiger partial charge is 0.277 e. The van der Waals surface area contributed by atoms with Crippen LogP contribution >= 0.6 is 0 Å². The molecule has 1 unspecified atom stereocenters. The van der Waals surface area contributed by atoms with Crippen LogP contribution in [0.25, 0.3) is 10.9 Å². The molecule has 0 saturated heterocycles. The van der Waals surface area contributed by atoms with Gasteiger partial charge in [-0.25, -0.2) is 13.4 Å². The molecule has 3 rings (SSSR count). The van der Waals surface area contributed by atoms with Crippen molar-refractivity contribution in [3.63, 3.8) is 0 Å². The summed E-state index contributed by atoms with van der Waals surface area (Å²) in [7, 11) is -3.91. The molecular formula is C22H27N5O4S. The Morgan fingerprint density at radius 3 is 2.38 bits per heavy atom. The minimum atomic E-state index is -3.91. The minimum Gasteiger partial charge on any atom is -0.277 e. The number of amides is 1. The predicted molar refractivity (Wildman–Crippen MR) is 124 cm³/mol. The zero-order chi connectivity index (χ0) is 23.5. The maximum Gasteiger partial charge on any atom is 0.262 e. The van der Waals surface area contributed by atoms with E-state index in [0.717, 1.165) is 5.56 Å². The Morgan fingerprint density at radius 1 is 1.09 bits per heavy atom. The van der Waals surface area contributed by atoms with Gasteiger partial charge >= 0.3 is 0 Å². The summed E-state index contributed by atoms with van der Waals surface area (Å²) in [6, 6.07) is 12.2. The smallest absolute Gasteiger partial charge is 0.262 e. The topological polar surface area (TPSA) is 122 Å². The summed E-state index contributed by atoms with van der Waals surface area (Å²) in [4.78, 5) is 30.1. The number of carbonyl (C=O) groups is 1. The van der Waals surface area contributed by atoms with Crippen molar-refractivity contribution in [3.05, 3.63) is 64.4 Å². The summed E-state index contributed by atoms with van der Waals surface area (Å²) in [6.45, 7) is 7.45. The highest BCUT2D eigenvalue weighted by atomic mass is 32.2. The maximum atomic E-state index is 12.9. The second-order valence-electron chi connectivity index (χ2n) is 7.77. The van der Waals surface area contributed by atoms with Crippen LogP contribution in [0.3, 0.4) is 0 Å². The van der Waals surface area contributed by atoms with Crippen molar-refractivity contribution in [2.75, 3.05) is 5.43 Å². The van der Waals surface area contributed by atoms with Gasteiger partial charge in [0.1, 0.15) is 6.04 Å². The number of hydrogen-bond donors (Lipinski definition) is 3. The first-order valence-electron chi connectivity index (χ1n) is 10.3. The van der Waals surface area contributed by atoms with Gasteiger partial charge in [0, 0.05) is 6.54 Å². The number of carbonyl (C=O) groups excluding carboxylic acids is 1. The number of hydrazine groups is 1. The zero-order valence-corrected chi connectivity index (χ0v) is 19.2. The summed E-state index contributed by atoms with van der Waals surface area (Å²) >= 11 is 0. The van der Waals surface area contributed by atoms with E-state index in [2.05, 4.69) is 20.6 Å². The molecule has 0 aliphatic rings. The number of fused-ring (bicyclic) bond motifs is 1. The molecule has 32 heavy (non-hydrogen) atoms. The first kappa shape index (κ1) is 23.4. The highest BCUT2D eigenvalue weighted by molar-refractivity contribution is 7.89. The number of anilines is 1. The number of nitrogens with one attached hydrogen (secondary N) is 3. The average molecular weight is 458 g/mol. The fraction of sp³-hybridized carbons (Fsp3) is 0.318. The lowest BCUT2D eigenvalue weighted by atomic mass is 10.1. The molecule has 0 saturated carbocycles. The molecule has 1 amide bonds. The van der Waals surface area contributed by atoms with Crippen LogP contribution < -0.4 is 21.1 Å². The lowest BCUT2D eigenvalue weighted by molar-refractivity contribution is -0.123. The monoisotopic (exact) mass is 457 g/mol. The summed E-state index contributed by atoms with van der Waals surface area (Å²) in [5.74, 6) is -0.774. The number of aryl methyl sites for hydroxylation is 1. The second-order valence-corrected chi connectivity index (χ2v) is 9.49. The molecule has 3 aromatic rings. The van der Waals surface area contributed by atoms with Crippen LogP contribution in [0.15, 0.2) is 58.2 Å². The van der Waals surface area contributed by atoms with Gasteiger partial charge in [-0.3, -0.25) is 25.0 Å². The Bertz CT molecular complexity index is 1280. The molecule has 2 aromatic carbocycles. The third kappa shape index (κ3) is 4.97. The molecule has 1 atom stereocenters. The first-order valence-corrected chi connectivity index (χ1v) is 11.8. The lowest BCUT2D eigenvalue weighted by Crippen LogP contribution is -2.51. The molecule has 1 heterocycles. The zero-order valence-electron chi connectivity index (χ0n) is 18.4. The molecule has 0 bridgehead atoms. The average Bonchev–Trinajstić information content (AvgIpc) is 2.76. The lowest BCUT2D eigenvalue weighted by Gasteiger charge is -2.22. The fourth-order valence-corrected chi connectivity index (χ4v) is 4.54. The molecule has 1 aromatic heterocycles. The van der Waals surface area contributed by atoms with E-state index in [4.69, 9.17) is 0 Å². The van der Waals surface area contributed by atoms with Crippen LogP contribution in [-0.4, -0.2) is 29.9 Å². The Labute approximate surface area is 186 Å². The normalized spacial score (nSPS) is 12.7. The Balaban J connectivity index is 1.81. The highest BCUT2D eigenvalue weighted by Gasteiger charge is 2.28. The van der Waals surface area contributed by atoms with E-state index in [-0.39, 0.29) is 22.3 Å². The van der Waals surface area contributed by atoms with Gasteiger partial charge in [0.25, 0.3) is 11.5 Å². The van der Waals surface area contributed by atoms with Gasteiger partial charge in [0.05, 0.1) is 15.8 Å². The number of aromatic nitrogens is 2. The second kappa shape index (κ2) is 9.49. The van der Waals surface area contributed by atoms with Crippen LogP contribution in [0.1, 0.15) is 26.3 Å². The summed E-state index contributed by atoms with van der Waals surface area (Å²) in [5.41, 5.74) is 6.35. The fourth-order valence-electron chi connectivity index (χ4n) is 3.20. The van der Waals surface area contributed by atoms with Crippen molar-refractivity contribution in [1.82, 2.24) is 19.7 Å². The van der Waals surface area contributed by atoms with Gasteiger partial charge in [-0.05, 0) is 44.0 Å². The van der Waals surface area contributed by atoms with E-state index >= 15 is 0 Å². The minimum absolute atomic E-state index is 0.0746. The molecule has 0 aliphatic heterocycles. The van der Waals surface area contributed by atoms with Gasteiger partial charge < -0.3 is 0 Å². The number of para-hydroxylation sites is 1. The Hall–Kier alpha value is -3.24. The van der Waals surface area contributed by atoms with Gasteiger partial charge in [0.15, 0.2) is 0 Å². The van der Waals surface area contributed by atoms with Crippen molar-refractivity contribution in [3.8, 4) is 0 Å². The third-order valence-electron chi connectivity index (χ3n) is 5.04. The van der Waals surface area contributed by atoms with Gasteiger partial charge in [-0.2, -0.15) is 4.72 Å². The van der Waals surface area contributed by atoms with Crippen molar-refractivity contribution in [2.45, 2.75) is 45.2 Å². The quantitative estimate of drug-likeness (QED) is 0.446. The van der Waals surface area contributed by atoms with Crippen molar-refractivity contribution < 1.29 is 13.2 Å². The van der Waals surface area contributed by atoms with Crippen molar-refractivity contribution in [2.24, 2.45) is 5.92 Å². The number of nitrogens with zero attached hydrogens (tertiary/aromatic N) is 2. The van der Waals surface area contributed by atoms with E-state index in [1.807, 2.05) is 6.92 Å². The van der Waals surface area contributed by atoms with E-state index in [1.54, 1.807) is 57.2 Å². The van der Waals surface area contributed by atoms with Crippen LogP contribution in [-0.2, 0) is 21.4 Å². The van der Waals surface area contributed by atoms with Gasteiger partial charge in [0.2, 0.25) is 16.0 Å². The van der Waals surface area contributed by atoms with E-state index in [0.29, 0.717) is 17.4 Å². The molecule has 170 valence electrons. The van der Waals surface area contributed by atoms with E-state index in [9.17, 15) is 18.0 Å². The molecule has 9 nitrogen and oxygen atoms in total. The molecular weight excluding hydrogens is 430 g/mol. The maximum absolute atomic E-state index is 12.9. The number of sulfonamides is 1. The molecule has 0 fully saturated rings. The number of hydrogen-bond acceptors (Lipinski definition) is 6. The molecule has 0 radical (unpaired) electrons. The summed E-state index contributed by atoms with van der Waals surface area (Å²) < 4.78 is 29.4. The van der Waals surface area contributed by atoms with Crippen LogP contribution in [0, 0.1) is 12.8 Å². The number of rotatable bonds is 8. The van der Waals surface area contributed by atoms with E-state index < -0.39 is 22.0 Å². The summed E-state index contributed by atoms with van der Waals surface area (Å²) in [5, 5.41) is 0.470. The molecule has 0 spiro atoms. The van der Waals surface area contributed by atoms with Gasteiger partial charge in [-0.15, -0.1) is 0 Å². The number of benzene rings is 2. The SMILES string of the molecule is CCn1c(NNC(=O)C(NS(=O)(=O)c2ccc(C)cc2)C(C)C)nc2ccccc2c1=O. The van der Waals surface area contributed by atoms with Crippen LogP contribution in [0.4, 0.5) is 5.95 Å². The Morgan fingerprint density at radius 2 is 1.75 bits per heavy atom. The van der Waals surface area contributed by atoms with Crippen LogP contribution in [0.2, 0.25) is 0 Å². The van der Waals surface area contributed by atoms with Gasteiger partial charge in [-0.1, -0.05) is 43.7 Å². The molecule has 0 aliphatic carbocycles. The van der Waals surface area contributed by atoms with Crippen molar-refractivity contribution >= 4 is 32.8 Å². The molecule has 3 N–H and O–H groups in total. The van der Waals surface area contributed by atoms with E-state index in [1.165, 1.54) is 16.7 Å². The highest BCUT2D eigenvalue weighted by Crippen LogP contribution is 2.14.